The second kappa shape index (κ2) is 13.4. The van der Waals surface area contributed by atoms with Crippen LogP contribution in [0.4, 0.5) is 0 Å². The van der Waals surface area contributed by atoms with E-state index in [2.05, 4.69) is 17.0 Å². The van der Waals surface area contributed by atoms with Gasteiger partial charge in [0.25, 0.3) is 0 Å². The molecule has 0 aliphatic rings. The lowest BCUT2D eigenvalue weighted by Crippen LogP contribution is -2.29. The molecule has 0 aromatic rings. The van der Waals surface area contributed by atoms with E-state index in [4.69, 9.17) is 0 Å². The van der Waals surface area contributed by atoms with Crippen LogP contribution in [0.5, 0.6) is 0 Å². The van der Waals surface area contributed by atoms with Crippen LogP contribution < -0.4 is 5.32 Å². The number of carbonyl (C=O) groups is 2. The van der Waals surface area contributed by atoms with Crippen LogP contribution in [0.25, 0.3) is 0 Å². The van der Waals surface area contributed by atoms with Crippen molar-refractivity contribution >= 4 is 11.9 Å². The average Bonchev–Trinajstić information content (AvgIpc) is 2.42. The number of rotatable bonds is 12. The Hall–Kier alpha value is -1.06. The maximum Gasteiger partial charge on any atom is 0.325 e. The standard InChI is InChI=1S/C15H29NO3/c1-3-4-5-6-7-8-9-10-11-12-14(17)16-13-15(18)19-2/h3-13H2,1-2H3,(H,16,17). The highest BCUT2D eigenvalue weighted by molar-refractivity contribution is 5.81. The summed E-state index contributed by atoms with van der Waals surface area (Å²) in [6, 6.07) is 0. The summed E-state index contributed by atoms with van der Waals surface area (Å²) < 4.78 is 4.44. The van der Waals surface area contributed by atoms with Crippen molar-refractivity contribution in [3.8, 4) is 0 Å². The fourth-order valence-corrected chi connectivity index (χ4v) is 1.93. The molecule has 0 aliphatic heterocycles. The number of methoxy groups -OCH3 is 1. The van der Waals surface area contributed by atoms with E-state index in [9.17, 15) is 9.59 Å². The highest BCUT2D eigenvalue weighted by Gasteiger charge is 2.04. The van der Waals surface area contributed by atoms with E-state index in [0.29, 0.717) is 6.42 Å². The smallest absolute Gasteiger partial charge is 0.325 e. The monoisotopic (exact) mass is 271 g/mol. The third-order valence-corrected chi connectivity index (χ3v) is 3.16. The van der Waals surface area contributed by atoms with Crippen molar-refractivity contribution in [2.75, 3.05) is 13.7 Å². The number of amides is 1. The van der Waals surface area contributed by atoms with Crippen LogP contribution >= 0.6 is 0 Å². The number of nitrogens with one attached hydrogen (secondary N) is 1. The summed E-state index contributed by atoms with van der Waals surface area (Å²) >= 11 is 0. The average molecular weight is 271 g/mol. The molecule has 0 aliphatic carbocycles. The van der Waals surface area contributed by atoms with Crippen LogP contribution in [-0.2, 0) is 14.3 Å². The lowest BCUT2D eigenvalue weighted by Gasteiger charge is -2.04. The maximum absolute atomic E-state index is 11.4. The molecule has 0 aromatic carbocycles. The van der Waals surface area contributed by atoms with E-state index in [1.165, 1.54) is 52.1 Å². The van der Waals surface area contributed by atoms with Gasteiger partial charge in [0.2, 0.25) is 5.91 Å². The lowest BCUT2D eigenvalue weighted by molar-refractivity contribution is -0.141. The molecule has 112 valence electrons. The largest absolute Gasteiger partial charge is 0.468 e. The molecule has 0 saturated carbocycles. The Balaban J connectivity index is 3.21. The number of hydrogen-bond acceptors (Lipinski definition) is 3. The van der Waals surface area contributed by atoms with Gasteiger partial charge in [0.1, 0.15) is 6.54 Å². The highest BCUT2D eigenvalue weighted by Crippen LogP contribution is 2.10. The number of esters is 1. The SMILES string of the molecule is CCCCCCCCCCCC(=O)NCC(=O)OC. The van der Waals surface area contributed by atoms with Crippen LogP contribution in [0.15, 0.2) is 0 Å². The van der Waals surface area contributed by atoms with Crippen molar-refractivity contribution < 1.29 is 14.3 Å². The van der Waals surface area contributed by atoms with Gasteiger partial charge in [-0.3, -0.25) is 9.59 Å². The Kier molecular flexibility index (Phi) is 12.6. The van der Waals surface area contributed by atoms with Crippen molar-refractivity contribution in [2.45, 2.75) is 71.1 Å². The molecule has 0 bridgehead atoms. The molecular weight excluding hydrogens is 242 g/mol. The molecule has 1 N–H and O–H groups in total. The van der Waals surface area contributed by atoms with E-state index in [0.717, 1.165) is 12.8 Å². The molecule has 0 atom stereocenters. The van der Waals surface area contributed by atoms with Gasteiger partial charge in [-0.15, -0.1) is 0 Å². The Morgan fingerprint density at radius 2 is 1.42 bits per heavy atom. The van der Waals surface area contributed by atoms with Gasteiger partial charge in [0, 0.05) is 6.42 Å². The van der Waals surface area contributed by atoms with Crippen LogP contribution in [0, 0.1) is 0 Å². The third kappa shape index (κ3) is 13.2. The highest BCUT2D eigenvalue weighted by atomic mass is 16.5. The summed E-state index contributed by atoms with van der Waals surface area (Å²) in [5.74, 6) is -0.464. The van der Waals surface area contributed by atoms with Gasteiger partial charge in [-0.1, -0.05) is 58.3 Å². The molecule has 19 heavy (non-hydrogen) atoms. The minimum atomic E-state index is -0.402. The molecule has 0 saturated heterocycles. The van der Waals surface area contributed by atoms with E-state index >= 15 is 0 Å². The quantitative estimate of drug-likeness (QED) is 0.438. The normalized spacial score (nSPS) is 10.2. The molecule has 0 rings (SSSR count). The zero-order valence-corrected chi connectivity index (χ0v) is 12.5. The second-order valence-electron chi connectivity index (χ2n) is 4.93. The zero-order valence-electron chi connectivity index (χ0n) is 12.5. The molecular formula is C15H29NO3. The van der Waals surface area contributed by atoms with Crippen molar-refractivity contribution in [3.05, 3.63) is 0 Å². The van der Waals surface area contributed by atoms with Gasteiger partial charge >= 0.3 is 5.97 Å². The van der Waals surface area contributed by atoms with Gasteiger partial charge in [0.05, 0.1) is 7.11 Å². The number of unbranched alkanes of at least 4 members (excludes halogenated alkanes) is 8. The second-order valence-corrected chi connectivity index (χ2v) is 4.93. The van der Waals surface area contributed by atoms with Gasteiger partial charge in [0.15, 0.2) is 0 Å². The number of ether oxygens (including phenoxy) is 1. The van der Waals surface area contributed by atoms with Gasteiger partial charge in [-0.25, -0.2) is 0 Å². The maximum atomic E-state index is 11.4. The summed E-state index contributed by atoms with van der Waals surface area (Å²) in [6.07, 6.45) is 11.6. The predicted molar refractivity (Wildman–Crippen MR) is 76.9 cm³/mol. The van der Waals surface area contributed by atoms with Gasteiger partial charge < -0.3 is 10.1 Å². The zero-order chi connectivity index (χ0) is 14.3. The first kappa shape index (κ1) is 17.9. The third-order valence-electron chi connectivity index (χ3n) is 3.16. The fourth-order valence-electron chi connectivity index (χ4n) is 1.93. The molecule has 0 heterocycles. The van der Waals surface area contributed by atoms with Crippen molar-refractivity contribution in [3.63, 3.8) is 0 Å². The summed E-state index contributed by atoms with van der Waals surface area (Å²) in [7, 11) is 1.31. The molecule has 4 heteroatoms. The van der Waals surface area contributed by atoms with E-state index in [1.807, 2.05) is 0 Å². The first-order valence-corrected chi connectivity index (χ1v) is 7.54. The summed E-state index contributed by atoms with van der Waals surface area (Å²) in [5.41, 5.74) is 0. The van der Waals surface area contributed by atoms with E-state index in [-0.39, 0.29) is 12.5 Å². The van der Waals surface area contributed by atoms with Crippen molar-refractivity contribution in [1.82, 2.24) is 5.32 Å². The first-order chi connectivity index (χ1) is 9.20. The Bertz CT molecular complexity index is 242. The molecule has 0 unspecified atom stereocenters. The van der Waals surface area contributed by atoms with Crippen molar-refractivity contribution in [2.24, 2.45) is 0 Å². The Labute approximate surface area is 117 Å². The summed E-state index contributed by atoms with van der Waals surface area (Å²) in [6.45, 7) is 2.21. The molecule has 0 aromatic heterocycles. The van der Waals surface area contributed by atoms with E-state index in [1.54, 1.807) is 0 Å². The number of carbonyl (C=O) groups excluding carboxylic acids is 2. The lowest BCUT2D eigenvalue weighted by atomic mass is 10.1. The topological polar surface area (TPSA) is 55.4 Å². The summed E-state index contributed by atoms with van der Waals surface area (Å²) in [4.78, 5) is 22.2. The first-order valence-electron chi connectivity index (χ1n) is 7.54. The molecule has 0 fully saturated rings. The molecule has 4 nitrogen and oxygen atoms in total. The Morgan fingerprint density at radius 3 is 1.95 bits per heavy atom. The van der Waals surface area contributed by atoms with Crippen LogP contribution in [-0.4, -0.2) is 25.5 Å². The van der Waals surface area contributed by atoms with Gasteiger partial charge in [-0.2, -0.15) is 0 Å². The molecule has 0 radical (unpaired) electrons. The van der Waals surface area contributed by atoms with Crippen LogP contribution in [0.1, 0.15) is 71.1 Å². The van der Waals surface area contributed by atoms with E-state index < -0.39 is 5.97 Å². The predicted octanol–water partition coefficient (Wildman–Crippen LogP) is 3.20. The fraction of sp³-hybridized carbons (Fsp3) is 0.867. The molecule has 1 amide bonds. The summed E-state index contributed by atoms with van der Waals surface area (Å²) in [5, 5.41) is 2.55. The Morgan fingerprint density at radius 1 is 0.895 bits per heavy atom. The minimum Gasteiger partial charge on any atom is -0.468 e. The molecule has 0 spiro atoms. The van der Waals surface area contributed by atoms with Crippen LogP contribution in [0.2, 0.25) is 0 Å². The minimum absolute atomic E-state index is 0.0211. The van der Waals surface area contributed by atoms with Gasteiger partial charge in [-0.05, 0) is 6.42 Å². The van der Waals surface area contributed by atoms with Crippen molar-refractivity contribution in [1.29, 1.82) is 0 Å². The number of hydrogen-bond donors (Lipinski definition) is 1. The van der Waals surface area contributed by atoms with Crippen LogP contribution in [0.3, 0.4) is 0 Å².